The molecule has 1 unspecified atom stereocenters. The van der Waals surface area contributed by atoms with E-state index >= 15 is 0 Å². The van der Waals surface area contributed by atoms with Crippen molar-refractivity contribution in [3.8, 4) is 0 Å². The zero-order chi connectivity index (χ0) is 13.0. The third kappa shape index (κ3) is 2.79. The average Bonchev–Trinajstić information content (AvgIpc) is 2.83. The van der Waals surface area contributed by atoms with Crippen molar-refractivity contribution in [1.29, 1.82) is 0 Å². The third-order valence-corrected chi connectivity index (χ3v) is 3.66. The highest BCUT2D eigenvalue weighted by molar-refractivity contribution is 6.32. The molecule has 1 atom stereocenters. The van der Waals surface area contributed by atoms with Crippen LogP contribution in [0.3, 0.4) is 0 Å². The summed E-state index contributed by atoms with van der Waals surface area (Å²) in [6, 6.07) is 0.503. The molecule has 98 valence electrons. The molecular weight excluding hydrogens is 252 g/mol. The van der Waals surface area contributed by atoms with Gasteiger partial charge in [-0.05, 0) is 25.9 Å². The maximum atomic E-state index is 10.9. The van der Waals surface area contributed by atoms with E-state index in [0.717, 1.165) is 19.6 Å². The number of nitrogens with zero attached hydrogens (tertiary/aromatic N) is 3. The number of hydrogen-bond acceptors (Lipinski definition) is 5. The zero-order valence-electron chi connectivity index (χ0n) is 10.4. The van der Waals surface area contributed by atoms with E-state index < -0.39 is 0 Å². The second-order valence-electron chi connectivity index (χ2n) is 4.35. The van der Waals surface area contributed by atoms with Gasteiger partial charge >= 0.3 is 0 Å². The van der Waals surface area contributed by atoms with Gasteiger partial charge in [-0.2, -0.15) is 0 Å². The van der Waals surface area contributed by atoms with Gasteiger partial charge < -0.3 is 5.32 Å². The molecule has 1 N–H and O–H groups in total. The number of aldehydes is 1. The summed E-state index contributed by atoms with van der Waals surface area (Å²) in [5.41, 5.74) is 0.334. The van der Waals surface area contributed by atoms with Crippen LogP contribution < -0.4 is 5.32 Å². The summed E-state index contributed by atoms with van der Waals surface area (Å²) in [5, 5.41) is 3.40. The molecule has 1 saturated heterocycles. The largest absolute Gasteiger partial charge is 0.368 e. The maximum absolute atomic E-state index is 10.9. The van der Waals surface area contributed by atoms with E-state index in [9.17, 15) is 4.79 Å². The Morgan fingerprint density at radius 3 is 3.17 bits per heavy atom. The van der Waals surface area contributed by atoms with E-state index in [1.165, 1.54) is 19.2 Å². The fourth-order valence-electron chi connectivity index (χ4n) is 2.38. The topological polar surface area (TPSA) is 58.1 Å². The van der Waals surface area contributed by atoms with Crippen molar-refractivity contribution in [3.63, 3.8) is 0 Å². The Bertz CT molecular complexity index is 427. The van der Waals surface area contributed by atoms with Gasteiger partial charge in [0, 0.05) is 12.6 Å². The van der Waals surface area contributed by atoms with Gasteiger partial charge in [-0.25, -0.2) is 9.97 Å². The van der Waals surface area contributed by atoms with Crippen LogP contribution in [-0.2, 0) is 0 Å². The number of halogens is 1. The van der Waals surface area contributed by atoms with Gasteiger partial charge in [0.1, 0.15) is 17.3 Å². The minimum atomic E-state index is 0.196. The standard InChI is InChI=1S/C12H17ClN4O/c1-2-17-5-3-4-9(17)6-14-12-10(7-18)11(13)15-8-16-12/h7-9H,2-6H2,1H3,(H,14,15,16). The van der Waals surface area contributed by atoms with Gasteiger partial charge in [-0.1, -0.05) is 18.5 Å². The van der Waals surface area contributed by atoms with Crippen LogP contribution in [-0.4, -0.2) is 46.8 Å². The molecule has 0 aliphatic carbocycles. The molecule has 2 heterocycles. The average molecular weight is 269 g/mol. The van der Waals surface area contributed by atoms with Gasteiger partial charge in [0.15, 0.2) is 6.29 Å². The lowest BCUT2D eigenvalue weighted by atomic mass is 10.2. The highest BCUT2D eigenvalue weighted by atomic mass is 35.5. The van der Waals surface area contributed by atoms with Crippen LogP contribution >= 0.6 is 11.6 Å². The fraction of sp³-hybridized carbons (Fsp3) is 0.583. The van der Waals surface area contributed by atoms with E-state index in [2.05, 4.69) is 27.1 Å². The van der Waals surface area contributed by atoms with Crippen LogP contribution in [0.2, 0.25) is 5.15 Å². The van der Waals surface area contributed by atoms with E-state index in [-0.39, 0.29) is 5.15 Å². The number of likely N-dealkylation sites (N-methyl/N-ethyl adjacent to an activating group) is 1. The molecule has 1 aromatic heterocycles. The van der Waals surface area contributed by atoms with Crippen LogP contribution in [0.1, 0.15) is 30.1 Å². The molecule has 6 heteroatoms. The number of carbonyl (C=O) groups is 1. The molecular formula is C12H17ClN4O. The lowest BCUT2D eigenvalue weighted by Gasteiger charge is -2.23. The van der Waals surface area contributed by atoms with Gasteiger partial charge in [0.2, 0.25) is 0 Å². The third-order valence-electron chi connectivity index (χ3n) is 3.36. The van der Waals surface area contributed by atoms with Crippen LogP contribution in [0.15, 0.2) is 6.33 Å². The Balaban J connectivity index is 2.02. The fourth-order valence-corrected chi connectivity index (χ4v) is 2.55. The van der Waals surface area contributed by atoms with Crippen molar-refractivity contribution < 1.29 is 4.79 Å². The Hall–Kier alpha value is -1.20. The molecule has 0 bridgehead atoms. The number of aromatic nitrogens is 2. The summed E-state index contributed by atoms with van der Waals surface area (Å²) < 4.78 is 0. The Labute approximate surface area is 112 Å². The predicted octanol–water partition coefficient (Wildman–Crippen LogP) is 1.84. The molecule has 1 aliphatic heterocycles. The van der Waals surface area contributed by atoms with Crippen LogP contribution in [0.5, 0.6) is 0 Å². The Kier molecular flexibility index (Phi) is 4.49. The number of likely N-dealkylation sites (tertiary alicyclic amines) is 1. The van der Waals surface area contributed by atoms with E-state index in [4.69, 9.17) is 11.6 Å². The quantitative estimate of drug-likeness (QED) is 0.652. The van der Waals surface area contributed by atoms with Crippen molar-refractivity contribution >= 4 is 23.7 Å². The molecule has 1 fully saturated rings. The van der Waals surface area contributed by atoms with Crippen LogP contribution in [0.4, 0.5) is 5.82 Å². The minimum Gasteiger partial charge on any atom is -0.368 e. The van der Waals surface area contributed by atoms with Crippen molar-refractivity contribution in [3.05, 3.63) is 17.0 Å². The zero-order valence-corrected chi connectivity index (χ0v) is 11.2. The SMILES string of the molecule is CCN1CCCC1CNc1ncnc(Cl)c1C=O. The minimum absolute atomic E-state index is 0.196. The summed E-state index contributed by atoms with van der Waals surface area (Å²) in [5.74, 6) is 0.521. The first kappa shape index (κ1) is 13.2. The van der Waals surface area contributed by atoms with E-state index in [1.807, 2.05) is 0 Å². The van der Waals surface area contributed by atoms with Gasteiger partial charge in [0.05, 0.1) is 5.56 Å². The monoisotopic (exact) mass is 268 g/mol. The van der Waals surface area contributed by atoms with Gasteiger partial charge in [-0.3, -0.25) is 9.69 Å². The Morgan fingerprint density at radius 1 is 1.61 bits per heavy atom. The molecule has 0 radical (unpaired) electrons. The second-order valence-corrected chi connectivity index (χ2v) is 4.71. The molecule has 1 aliphatic rings. The summed E-state index contributed by atoms with van der Waals surface area (Å²) in [6.45, 7) is 5.14. The van der Waals surface area contributed by atoms with Crippen LogP contribution in [0.25, 0.3) is 0 Å². The van der Waals surface area contributed by atoms with Gasteiger partial charge in [0.25, 0.3) is 0 Å². The van der Waals surface area contributed by atoms with Gasteiger partial charge in [-0.15, -0.1) is 0 Å². The smallest absolute Gasteiger partial charge is 0.156 e. The number of rotatable bonds is 5. The van der Waals surface area contributed by atoms with Crippen molar-refractivity contribution in [2.75, 3.05) is 25.0 Å². The second kappa shape index (κ2) is 6.11. The lowest BCUT2D eigenvalue weighted by Crippen LogP contribution is -2.34. The summed E-state index contributed by atoms with van der Waals surface area (Å²) in [6.07, 6.45) is 4.46. The predicted molar refractivity (Wildman–Crippen MR) is 71.2 cm³/mol. The van der Waals surface area contributed by atoms with Crippen molar-refractivity contribution in [1.82, 2.24) is 14.9 Å². The molecule has 0 spiro atoms. The molecule has 5 nitrogen and oxygen atoms in total. The first-order valence-electron chi connectivity index (χ1n) is 6.19. The molecule has 1 aromatic rings. The highest BCUT2D eigenvalue weighted by Crippen LogP contribution is 2.20. The summed E-state index contributed by atoms with van der Waals surface area (Å²) in [4.78, 5) is 21.2. The van der Waals surface area contributed by atoms with Crippen molar-refractivity contribution in [2.24, 2.45) is 0 Å². The lowest BCUT2D eigenvalue weighted by molar-refractivity contribution is 0.112. The molecule has 0 saturated carbocycles. The maximum Gasteiger partial charge on any atom is 0.156 e. The normalized spacial score (nSPS) is 20.0. The number of carbonyl (C=O) groups excluding carboxylic acids is 1. The molecule has 18 heavy (non-hydrogen) atoms. The highest BCUT2D eigenvalue weighted by Gasteiger charge is 2.23. The summed E-state index contributed by atoms with van der Waals surface area (Å²) in [7, 11) is 0. The van der Waals surface area contributed by atoms with Crippen molar-refractivity contribution in [2.45, 2.75) is 25.8 Å². The molecule has 0 amide bonds. The number of anilines is 1. The number of nitrogens with one attached hydrogen (secondary N) is 1. The Morgan fingerprint density at radius 2 is 2.44 bits per heavy atom. The first-order chi connectivity index (χ1) is 8.76. The summed E-state index contributed by atoms with van der Waals surface area (Å²) >= 11 is 5.85. The first-order valence-corrected chi connectivity index (χ1v) is 6.57. The number of hydrogen-bond donors (Lipinski definition) is 1. The van der Waals surface area contributed by atoms with E-state index in [0.29, 0.717) is 23.7 Å². The molecule has 2 rings (SSSR count). The van der Waals surface area contributed by atoms with E-state index in [1.54, 1.807) is 0 Å². The van der Waals surface area contributed by atoms with Crippen LogP contribution in [0, 0.1) is 0 Å². The molecule has 0 aromatic carbocycles.